The Balaban J connectivity index is 1.79. The molecule has 1 atom stereocenters. The summed E-state index contributed by atoms with van der Waals surface area (Å²) in [5.74, 6) is 1.70. The highest BCUT2D eigenvalue weighted by Crippen LogP contribution is 2.24. The van der Waals surface area contributed by atoms with Crippen molar-refractivity contribution in [3.63, 3.8) is 0 Å². The zero-order valence-electron chi connectivity index (χ0n) is 15.8. The molecule has 1 unspecified atom stereocenters. The second kappa shape index (κ2) is 9.14. The Kier molecular flexibility index (Phi) is 6.62. The normalized spacial score (nSPS) is 20.2. The summed E-state index contributed by atoms with van der Waals surface area (Å²) >= 11 is 0. The van der Waals surface area contributed by atoms with Gasteiger partial charge in [0.15, 0.2) is 0 Å². The maximum Gasteiger partial charge on any atom is 0.224 e. The van der Waals surface area contributed by atoms with E-state index in [0.717, 1.165) is 63.4 Å². The molecule has 3 heterocycles. The number of hydrogen-bond donors (Lipinski definition) is 3. The summed E-state index contributed by atoms with van der Waals surface area (Å²) in [6.45, 7) is 6.38. The molecule has 1 aromatic heterocycles. The summed E-state index contributed by atoms with van der Waals surface area (Å²) in [4.78, 5) is 23.1. The molecule has 3 rings (SSSR count). The molecule has 8 nitrogen and oxygen atoms in total. The molecule has 2 aliphatic heterocycles. The number of aromatic nitrogens is 2. The van der Waals surface area contributed by atoms with Crippen LogP contribution in [0.3, 0.4) is 0 Å². The number of carbonyl (C=O) groups is 1. The van der Waals surface area contributed by atoms with Crippen molar-refractivity contribution in [2.75, 3.05) is 57.1 Å². The Morgan fingerprint density at radius 3 is 3.00 bits per heavy atom. The minimum Gasteiger partial charge on any atom is -0.383 e. The molecule has 3 N–H and O–H groups in total. The third-order valence-corrected chi connectivity index (χ3v) is 4.98. The van der Waals surface area contributed by atoms with Gasteiger partial charge in [-0.05, 0) is 25.8 Å². The van der Waals surface area contributed by atoms with Crippen molar-refractivity contribution >= 4 is 17.7 Å². The smallest absolute Gasteiger partial charge is 0.224 e. The summed E-state index contributed by atoms with van der Waals surface area (Å²) in [6.07, 6.45) is 3.88. The van der Waals surface area contributed by atoms with Gasteiger partial charge in [0.1, 0.15) is 5.82 Å². The Morgan fingerprint density at radius 1 is 1.35 bits per heavy atom. The Labute approximate surface area is 155 Å². The average Bonchev–Trinajstić information content (AvgIpc) is 2.88. The second-order valence-corrected chi connectivity index (χ2v) is 6.94. The average molecular weight is 362 g/mol. The molecule has 0 bridgehead atoms. The molecule has 144 valence electrons. The molecule has 26 heavy (non-hydrogen) atoms. The fourth-order valence-corrected chi connectivity index (χ4v) is 3.58. The largest absolute Gasteiger partial charge is 0.383 e. The fraction of sp³-hybridized carbons (Fsp3) is 0.722. The standard InChI is InChI=1S/C18H30N6O2/c1-13(25)24-10-3-4-14(12-24)21-17-15-5-7-19-8-6-16(15)22-18(23-17)20-9-11-26-2/h14,19H,3-12H2,1-2H3,(H2,20,21,22,23). The Hall–Kier alpha value is -1.93. The lowest BCUT2D eigenvalue weighted by atomic mass is 10.0. The van der Waals surface area contributed by atoms with Gasteiger partial charge < -0.3 is 25.6 Å². The van der Waals surface area contributed by atoms with Crippen LogP contribution in [0.5, 0.6) is 0 Å². The van der Waals surface area contributed by atoms with Crippen molar-refractivity contribution < 1.29 is 9.53 Å². The van der Waals surface area contributed by atoms with Crippen LogP contribution in [0, 0.1) is 0 Å². The molecule has 0 aromatic carbocycles. The molecule has 0 radical (unpaired) electrons. The minimum atomic E-state index is 0.143. The first-order valence-corrected chi connectivity index (χ1v) is 9.52. The second-order valence-electron chi connectivity index (χ2n) is 6.94. The first kappa shape index (κ1) is 18.8. The van der Waals surface area contributed by atoms with E-state index in [2.05, 4.69) is 16.0 Å². The maximum absolute atomic E-state index is 11.7. The number of amides is 1. The third kappa shape index (κ3) is 4.82. The van der Waals surface area contributed by atoms with Gasteiger partial charge in [-0.15, -0.1) is 0 Å². The maximum atomic E-state index is 11.7. The van der Waals surface area contributed by atoms with Crippen LogP contribution in [0.15, 0.2) is 0 Å². The number of nitrogens with one attached hydrogen (secondary N) is 3. The van der Waals surface area contributed by atoms with Gasteiger partial charge in [-0.3, -0.25) is 4.79 Å². The minimum absolute atomic E-state index is 0.143. The lowest BCUT2D eigenvalue weighted by Gasteiger charge is -2.33. The SMILES string of the molecule is COCCNc1nc2c(c(NC3CCCN(C(C)=O)C3)n1)CCNCC2. The molecule has 2 aliphatic rings. The first-order valence-electron chi connectivity index (χ1n) is 9.52. The fourth-order valence-electron chi connectivity index (χ4n) is 3.58. The van der Waals surface area contributed by atoms with Gasteiger partial charge in [0.2, 0.25) is 11.9 Å². The molecule has 8 heteroatoms. The number of piperidine rings is 1. The van der Waals surface area contributed by atoms with E-state index in [1.807, 2.05) is 4.90 Å². The summed E-state index contributed by atoms with van der Waals surface area (Å²) in [7, 11) is 1.68. The van der Waals surface area contributed by atoms with Crippen LogP contribution in [-0.2, 0) is 22.4 Å². The van der Waals surface area contributed by atoms with Crippen molar-refractivity contribution in [2.24, 2.45) is 0 Å². The molecular formula is C18H30N6O2. The van der Waals surface area contributed by atoms with Crippen molar-refractivity contribution in [2.45, 2.75) is 38.6 Å². The van der Waals surface area contributed by atoms with Crippen LogP contribution in [0.1, 0.15) is 31.0 Å². The molecular weight excluding hydrogens is 332 g/mol. The van der Waals surface area contributed by atoms with Crippen LogP contribution in [0.25, 0.3) is 0 Å². The van der Waals surface area contributed by atoms with Gasteiger partial charge in [0.05, 0.1) is 12.3 Å². The summed E-state index contributed by atoms with van der Waals surface area (Å²) < 4.78 is 5.10. The first-order chi connectivity index (χ1) is 12.7. The van der Waals surface area contributed by atoms with Crippen molar-refractivity contribution in [3.8, 4) is 0 Å². The number of methoxy groups -OCH3 is 1. The van der Waals surface area contributed by atoms with Gasteiger partial charge in [-0.25, -0.2) is 4.98 Å². The highest BCUT2D eigenvalue weighted by atomic mass is 16.5. The van der Waals surface area contributed by atoms with Gasteiger partial charge in [0, 0.05) is 58.2 Å². The quantitative estimate of drug-likeness (QED) is 0.640. The van der Waals surface area contributed by atoms with Gasteiger partial charge in [0.25, 0.3) is 0 Å². The topological polar surface area (TPSA) is 91.4 Å². The summed E-state index contributed by atoms with van der Waals surface area (Å²) in [5, 5.41) is 10.3. The van der Waals surface area contributed by atoms with Crippen LogP contribution >= 0.6 is 0 Å². The van der Waals surface area contributed by atoms with Crippen LogP contribution in [-0.4, -0.2) is 73.3 Å². The highest BCUT2D eigenvalue weighted by Gasteiger charge is 2.24. The number of hydrogen-bond acceptors (Lipinski definition) is 7. The van der Waals surface area contributed by atoms with Crippen molar-refractivity contribution in [1.82, 2.24) is 20.2 Å². The molecule has 1 saturated heterocycles. The van der Waals surface area contributed by atoms with Gasteiger partial charge in [-0.1, -0.05) is 0 Å². The predicted molar refractivity (Wildman–Crippen MR) is 102 cm³/mol. The van der Waals surface area contributed by atoms with E-state index in [-0.39, 0.29) is 11.9 Å². The number of ether oxygens (including phenoxy) is 1. The van der Waals surface area contributed by atoms with Crippen molar-refractivity contribution in [3.05, 3.63) is 11.3 Å². The summed E-state index contributed by atoms with van der Waals surface area (Å²) in [5.41, 5.74) is 2.30. The number of carbonyl (C=O) groups excluding carboxylic acids is 1. The third-order valence-electron chi connectivity index (χ3n) is 4.98. The van der Waals surface area contributed by atoms with Gasteiger partial charge >= 0.3 is 0 Å². The predicted octanol–water partition coefficient (Wildman–Crippen LogP) is 0.646. The highest BCUT2D eigenvalue weighted by molar-refractivity contribution is 5.73. The van der Waals surface area contributed by atoms with Crippen LogP contribution in [0.4, 0.5) is 11.8 Å². The molecule has 1 fully saturated rings. The van der Waals surface area contributed by atoms with Crippen molar-refractivity contribution in [1.29, 1.82) is 0 Å². The van der Waals surface area contributed by atoms with E-state index in [0.29, 0.717) is 19.1 Å². The molecule has 1 aromatic rings. The van der Waals surface area contributed by atoms with E-state index in [4.69, 9.17) is 14.7 Å². The molecule has 0 spiro atoms. The zero-order chi connectivity index (χ0) is 18.4. The Morgan fingerprint density at radius 2 is 2.19 bits per heavy atom. The van der Waals surface area contributed by atoms with E-state index in [1.165, 1.54) is 5.56 Å². The monoisotopic (exact) mass is 362 g/mol. The molecule has 0 saturated carbocycles. The number of likely N-dealkylation sites (tertiary alicyclic amines) is 1. The van der Waals surface area contributed by atoms with E-state index in [9.17, 15) is 4.79 Å². The zero-order valence-corrected chi connectivity index (χ0v) is 15.8. The number of nitrogens with zero attached hydrogens (tertiary/aromatic N) is 3. The van der Waals surface area contributed by atoms with E-state index in [1.54, 1.807) is 14.0 Å². The van der Waals surface area contributed by atoms with E-state index < -0.39 is 0 Å². The molecule has 1 amide bonds. The lowest BCUT2D eigenvalue weighted by Crippen LogP contribution is -2.44. The number of fused-ring (bicyclic) bond motifs is 1. The van der Waals surface area contributed by atoms with Crippen LogP contribution in [0.2, 0.25) is 0 Å². The number of anilines is 2. The lowest BCUT2D eigenvalue weighted by molar-refractivity contribution is -0.129. The number of rotatable bonds is 6. The van der Waals surface area contributed by atoms with Crippen LogP contribution < -0.4 is 16.0 Å². The van der Waals surface area contributed by atoms with E-state index >= 15 is 0 Å². The summed E-state index contributed by atoms with van der Waals surface area (Å²) in [6, 6.07) is 0.231. The Bertz CT molecular complexity index is 624. The van der Waals surface area contributed by atoms with Gasteiger partial charge in [-0.2, -0.15) is 4.98 Å². The molecule has 0 aliphatic carbocycles.